The van der Waals surface area contributed by atoms with Crippen molar-refractivity contribution in [1.82, 2.24) is 10.3 Å². The first-order valence-corrected chi connectivity index (χ1v) is 9.69. The summed E-state index contributed by atoms with van der Waals surface area (Å²) >= 11 is 0. The SMILES string of the molecule is Fc1cc(F)cc(Nc2ccc(CNCC3CCOCC3)c(C3CC3)n2)c1. The molecule has 0 spiro atoms. The van der Waals surface area contributed by atoms with Gasteiger partial charge in [-0.1, -0.05) is 6.07 Å². The summed E-state index contributed by atoms with van der Waals surface area (Å²) in [6, 6.07) is 7.34. The molecule has 1 aromatic heterocycles. The van der Waals surface area contributed by atoms with Gasteiger partial charge in [0.05, 0.1) is 5.69 Å². The van der Waals surface area contributed by atoms with Crippen molar-refractivity contribution in [3.05, 3.63) is 53.2 Å². The molecule has 2 aromatic rings. The maximum atomic E-state index is 13.4. The molecule has 2 aliphatic rings. The zero-order valence-corrected chi connectivity index (χ0v) is 15.3. The number of nitrogens with zero attached hydrogens (tertiary/aromatic N) is 1. The topological polar surface area (TPSA) is 46.2 Å². The highest BCUT2D eigenvalue weighted by atomic mass is 19.1. The molecule has 1 aliphatic heterocycles. The third-order valence-electron chi connectivity index (χ3n) is 5.20. The number of halogens is 2. The molecule has 0 radical (unpaired) electrons. The first-order chi connectivity index (χ1) is 13.2. The molecule has 0 amide bonds. The molecular formula is C21H25F2N3O. The molecule has 1 saturated heterocycles. The van der Waals surface area contributed by atoms with E-state index in [1.165, 1.54) is 17.7 Å². The van der Waals surface area contributed by atoms with Crippen LogP contribution in [0.3, 0.4) is 0 Å². The molecule has 27 heavy (non-hydrogen) atoms. The van der Waals surface area contributed by atoms with Crippen LogP contribution in [0, 0.1) is 17.6 Å². The number of aromatic nitrogens is 1. The van der Waals surface area contributed by atoms with Gasteiger partial charge >= 0.3 is 0 Å². The van der Waals surface area contributed by atoms with Gasteiger partial charge in [0.15, 0.2) is 0 Å². The van der Waals surface area contributed by atoms with Gasteiger partial charge in [-0.05, 0) is 61.9 Å². The molecule has 0 bridgehead atoms. The Balaban J connectivity index is 1.42. The highest BCUT2D eigenvalue weighted by Gasteiger charge is 2.28. The zero-order chi connectivity index (χ0) is 18.6. The number of benzene rings is 1. The first kappa shape index (κ1) is 18.3. The Morgan fingerprint density at radius 3 is 2.44 bits per heavy atom. The van der Waals surface area contributed by atoms with E-state index in [9.17, 15) is 8.78 Å². The third kappa shape index (κ3) is 5.02. The van der Waals surface area contributed by atoms with Gasteiger partial charge in [0.25, 0.3) is 0 Å². The van der Waals surface area contributed by atoms with Gasteiger partial charge in [-0.3, -0.25) is 0 Å². The van der Waals surface area contributed by atoms with Crippen LogP contribution in [-0.2, 0) is 11.3 Å². The van der Waals surface area contributed by atoms with Crippen LogP contribution in [0.1, 0.15) is 42.9 Å². The summed E-state index contributed by atoms with van der Waals surface area (Å²) in [5.74, 6) is 0.591. The standard InChI is InChI=1S/C21H25F2N3O/c22-17-9-18(23)11-19(10-17)25-20-4-3-16(21(26-20)15-1-2-15)13-24-12-14-5-7-27-8-6-14/h3-4,9-11,14-15,24H,1-2,5-8,12-13H2,(H,25,26). The third-order valence-corrected chi connectivity index (χ3v) is 5.20. The smallest absolute Gasteiger partial charge is 0.130 e. The van der Waals surface area contributed by atoms with Gasteiger partial charge < -0.3 is 15.4 Å². The molecule has 0 atom stereocenters. The summed E-state index contributed by atoms with van der Waals surface area (Å²) < 4.78 is 32.2. The summed E-state index contributed by atoms with van der Waals surface area (Å²) in [4.78, 5) is 4.74. The Hall–Kier alpha value is -2.05. The Morgan fingerprint density at radius 2 is 1.74 bits per heavy atom. The maximum absolute atomic E-state index is 13.4. The average Bonchev–Trinajstić information content (AvgIpc) is 3.48. The Labute approximate surface area is 158 Å². The largest absolute Gasteiger partial charge is 0.381 e. The minimum Gasteiger partial charge on any atom is -0.381 e. The predicted octanol–water partition coefficient (Wildman–Crippen LogP) is 4.50. The summed E-state index contributed by atoms with van der Waals surface area (Å²) in [6.07, 6.45) is 4.54. The van der Waals surface area contributed by atoms with E-state index in [-0.39, 0.29) is 0 Å². The molecule has 4 rings (SSSR count). The fourth-order valence-electron chi connectivity index (χ4n) is 3.57. The van der Waals surface area contributed by atoms with Crippen molar-refractivity contribution in [2.45, 2.75) is 38.1 Å². The van der Waals surface area contributed by atoms with Gasteiger partial charge in [0.1, 0.15) is 17.5 Å². The predicted molar refractivity (Wildman–Crippen MR) is 101 cm³/mol. The van der Waals surface area contributed by atoms with E-state index in [0.717, 1.165) is 63.7 Å². The summed E-state index contributed by atoms with van der Waals surface area (Å²) in [7, 11) is 0. The van der Waals surface area contributed by atoms with E-state index in [4.69, 9.17) is 9.72 Å². The second-order valence-electron chi connectivity index (χ2n) is 7.48. The number of nitrogens with one attached hydrogen (secondary N) is 2. The molecule has 4 nitrogen and oxygen atoms in total. The van der Waals surface area contributed by atoms with Crippen molar-refractivity contribution >= 4 is 11.5 Å². The highest BCUT2D eigenvalue weighted by Crippen LogP contribution is 2.41. The van der Waals surface area contributed by atoms with Crippen LogP contribution in [0.2, 0.25) is 0 Å². The van der Waals surface area contributed by atoms with Crippen molar-refractivity contribution in [2.24, 2.45) is 5.92 Å². The van der Waals surface area contributed by atoms with Crippen LogP contribution in [0.5, 0.6) is 0 Å². The van der Waals surface area contributed by atoms with E-state index < -0.39 is 11.6 Å². The van der Waals surface area contributed by atoms with Crippen molar-refractivity contribution < 1.29 is 13.5 Å². The molecule has 2 fully saturated rings. The molecule has 0 unspecified atom stereocenters. The molecule has 144 valence electrons. The lowest BCUT2D eigenvalue weighted by Crippen LogP contribution is -2.27. The lowest BCUT2D eigenvalue weighted by molar-refractivity contribution is 0.0662. The molecular weight excluding hydrogens is 348 g/mol. The van der Waals surface area contributed by atoms with Crippen molar-refractivity contribution in [3.8, 4) is 0 Å². The number of hydrogen-bond donors (Lipinski definition) is 2. The lowest BCUT2D eigenvalue weighted by Gasteiger charge is -2.22. The van der Waals surface area contributed by atoms with E-state index in [0.29, 0.717) is 23.3 Å². The number of anilines is 2. The molecule has 2 N–H and O–H groups in total. The molecule has 2 heterocycles. The number of hydrogen-bond acceptors (Lipinski definition) is 4. The second-order valence-corrected chi connectivity index (χ2v) is 7.48. The molecule has 1 aliphatic carbocycles. The van der Waals surface area contributed by atoms with Crippen LogP contribution in [0.25, 0.3) is 0 Å². The van der Waals surface area contributed by atoms with Crippen LogP contribution in [0.15, 0.2) is 30.3 Å². The number of rotatable bonds is 7. The zero-order valence-electron chi connectivity index (χ0n) is 15.3. The summed E-state index contributed by atoms with van der Waals surface area (Å²) in [6.45, 7) is 3.52. The highest BCUT2D eigenvalue weighted by molar-refractivity contribution is 5.57. The number of pyridine rings is 1. The van der Waals surface area contributed by atoms with Gasteiger partial charge in [-0.15, -0.1) is 0 Å². The first-order valence-electron chi connectivity index (χ1n) is 9.69. The van der Waals surface area contributed by atoms with Crippen molar-refractivity contribution in [1.29, 1.82) is 0 Å². The molecule has 6 heteroatoms. The summed E-state index contributed by atoms with van der Waals surface area (Å²) in [5, 5.41) is 6.58. The van der Waals surface area contributed by atoms with E-state index in [1.807, 2.05) is 6.07 Å². The van der Waals surface area contributed by atoms with Gasteiger partial charge in [0, 0.05) is 37.4 Å². The Kier molecular flexibility index (Phi) is 5.64. The minimum atomic E-state index is -0.603. The number of ether oxygens (including phenoxy) is 1. The minimum absolute atomic E-state index is 0.368. The van der Waals surface area contributed by atoms with E-state index >= 15 is 0 Å². The van der Waals surface area contributed by atoms with E-state index in [1.54, 1.807) is 0 Å². The van der Waals surface area contributed by atoms with Gasteiger partial charge in [0.2, 0.25) is 0 Å². The van der Waals surface area contributed by atoms with Gasteiger partial charge in [-0.2, -0.15) is 0 Å². The van der Waals surface area contributed by atoms with Gasteiger partial charge in [-0.25, -0.2) is 13.8 Å². The fraction of sp³-hybridized carbons (Fsp3) is 0.476. The van der Waals surface area contributed by atoms with Crippen LogP contribution >= 0.6 is 0 Å². The summed E-state index contributed by atoms with van der Waals surface area (Å²) in [5.41, 5.74) is 2.67. The quantitative estimate of drug-likeness (QED) is 0.750. The molecule has 1 aromatic carbocycles. The maximum Gasteiger partial charge on any atom is 0.130 e. The van der Waals surface area contributed by atoms with Crippen LogP contribution in [-0.4, -0.2) is 24.7 Å². The Bertz CT molecular complexity index is 769. The van der Waals surface area contributed by atoms with E-state index in [2.05, 4.69) is 16.7 Å². The van der Waals surface area contributed by atoms with Crippen molar-refractivity contribution in [2.75, 3.05) is 25.1 Å². The normalized spacial score (nSPS) is 17.9. The molecule has 1 saturated carbocycles. The lowest BCUT2D eigenvalue weighted by atomic mass is 10.0. The van der Waals surface area contributed by atoms with Crippen LogP contribution < -0.4 is 10.6 Å². The second kappa shape index (κ2) is 8.31. The monoisotopic (exact) mass is 373 g/mol. The van der Waals surface area contributed by atoms with Crippen LogP contribution in [0.4, 0.5) is 20.3 Å². The van der Waals surface area contributed by atoms with Crippen molar-refractivity contribution in [3.63, 3.8) is 0 Å². The Morgan fingerprint density at radius 1 is 1.00 bits per heavy atom. The fourth-order valence-corrected chi connectivity index (χ4v) is 3.57. The average molecular weight is 373 g/mol.